The van der Waals surface area contributed by atoms with Crippen LogP contribution in [0.15, 0.2) is 6.33 Å². The Balaban J connectivity index is 2.25. The number of nitrogens with zero attached hydrogens (tertiary/aromatic N) is 3. The average Bonchev–Trinajstić information content (AvgIpc) is 2.76. The summed E-state index contributed by atoms with van der Waals surface area (Å²) in [5, 5.41) is 12.4. The van der Waals surface area contributed by atoms with E-state index in [1.807, 2.05) is 0 Å². The summed E-state index contributed by atoms with van der Waals surface area (Å²) >= 11 is 0. The molecule has 17 heavy (non-hydrogen) atoms. The number of unbranched alkanes of at least 4 members (excludes halogenated alkanes) is 2. The molecule has 7 heteroatoms. The number of esters is 1. The van der Waals surface area contributed by atoms with Gasteiger partial charge in [0.05, 0.1) is 7.11 Å². The van der Waals surface area contributed by atoms with E-state index < -0.39 is 11.9 Å². The molecule has 1 aromatic rings. The van der Waals surface area contributed by atoms with Gasteiger partial charge in [-0.3, -0.25) is 9.48 Å². The summed E-state index contributed by atoms with van der Waals surface area (Å²) in [4.78, 5) is 25.1. The minimum Gasteiger partial charge on any atom is -0.481 e. The molecule has 0 saturated heterocycles. The van der Waals surface area contributed by atoms with Crippen molar-refractivity contribution >= 4 is 11.9 Å². The zero-order valence-corrected chi connectivity index (χ0v) is 9.63. The summed E-state index contributed by atoms with van der Waals surface area (Å²) in [5.74, 6) is -1.30. The van der Waals surface area contributed by atoms with Crippen molar-refractivity contribution in [2.45, 2.75) is 32.2 Å². The number of carboxylic acids is 1. The molecule has 0 unspecified atom stereocenters. The van der Waals surface area contributed by atoms with Crippen molar-refractivity contribution in [3.8, 4) is 0 Å². The molecule has 0 radical (unpaired) electrons. The minimum atomic E-state index is -0.779. The number of aryl methyl sites for hydroxylation is 1. The van der Waals surface area contributed by atoms with Gasteiger partial charge in [-0.1, -0.05) is 6.42 Å². The number of aromatic nitrogens is 3. The molecule has 1 rings (SSSR count). The van der Waals surface area contributed by atoms with E-state index in [-0.39, 0.29) is 12.2 Å². The van der Waals surface area contributed by atoms with Crippen LogP contribution < -0.4 is 0 Å². The number of carbonyl (C=O) groups is 2. The van der Waals surface area contributed by atoms with Crippen molar-refractivity contribution in [3.05, 3.63) is 12.2 Å². The zero-order valence-electron chi connectivity index (χ0n) is 9.63. The quantitative estimate of drug-likeness (QED) is 0.558. The Morgan fingerprint density at radius 2 is 2.18 bits per heavy atom. The second-order valence-electron chi connectivity index (χ2n) is 3.53. The summed E-state index contributed by atoms with van der Waals surface area (Å²) in [6.07, 6.45) is 3.90. The van der Waals surface area contributed by atoms with E-state index in [4.69, 9.17) is 5.11 Å². The topological polar surface area (TPSA) is 94.3 Å². The standard InChI is InChI=1S/C10H15N3O4/c1-17-10(16)9-11-7-13(12-9)6-4-2-3-5-8(14)15/h7H,2-6H2,1H3,(H,14,15). The summed E-state index contributed by atoms with van der Waals surface area (Å²) in [7, 11) is 1.27. The van der Waals surface area contributed by atoms with E-state index in [2.05, 4.69) is 14.8 Å². The zero-order chi connectivity index (χ0) is 12.7. The smallest absolute Gasteiger partial charge is 0.377 e. The number of hydrogen-bond acceptors (Lipinski definition) is 5. The highest BCUT2D eigenvalue weighted by molar-refractivity contribution is 5.84. The largest absolute Gasteiger partial charge is 0.481 e. The Morgan fingerprint density at radius 3 is 2.82 bits per heavy atom. The number of aliphatic carboxylic acids is 1. The van der Waals surface area contributed by atoms with Crippen molar-refractivity contribution in [1.29, 1.82) is 0 Å². The first-order valence-corrected chi connectivity index (χ1v) is 5.33. The van der Waals surface area contributed by atoms with Crippen molar-refractivity contribution in [2.24, 2.45) is 0 Å². The van der Waals surface area contributed by atoms with Gasteiger partial charge in [0.25, 0.3) is 5.82 Å². The monoisotopic (exact) mass is 241 g/mol. The number of rotatable bonds is 7. The first-order valence-electron chi connectivity index (χ1n) is 5.33. The van der Waals surface area contributed by atoms with Gasteiger partial charge in [-0.15, -0.1) is 5.10 Å². The van der Waals surface area contributed by atoms with E-state index >= 15 is 0 Å². The van der Waals surface area contributed by atoms with E-state index in [0.29, 0.717) is 13.0 Å². The maximum atomic E-state index is 11.1. The van der Waals surface area contributed by atoms with E-state index in [9.17, 15) is 9.59 Å². The van der Waals surface area contributed by atoms with Gasteiger partial charge < -0.3 is 9.84 Å². The normalized spacial score (nSPS) is 10.2. The van der Waals surface area contributed by atoms with Crippen LogP contribution in [-0.4, -0.2) is 38.9 Å². The summed E-state index contributed by atoms with van der Waals surface area (Å²) in [6.45, 7) is 0.615. The van der Waals surface area contributed by atoms with Crippen LogP contribution in [0, 0.1) is 0 Å². The molecule has 7 nitrogen and oxygen atoms in total. The first-order chi connectivity index (χ1) is 8.13. The van der Waals surface area contributed by atoms with Gasteiger partial charge in [0.2, 0.25) is 0 Å². The van der Waals surface area contributed by atoms with Gasteiger partial charge in [-0.05, 0) is 12.8 Å². The van der Waals surface area contributed by atoms with Crippen LogP contribution in [0.4, 0.5) is 0 Å². The Bertz CT molecular complexity index is 389. The molecule has 0 bridgehead atoms. The van der Waals surface area contributed by atoms with Gasteiger partial charge in [-0.2, -0.15) is 0 Å². The van der Waals surface area contributed by atoms with Gasteiger partial charge >= 0.3 is 11.9 Å². The van der Waals surface area contributed by atoms with Crippen LogP contribution in [0.25, 0.3) is 0 Å². The van der Waals surface area contributed by atoms with Crippen LogP contribution in [0.1, 0.15) is 36.3 Å². The Morgan fingerprint density at radius 1 is 1.41 bits per heavy atom. The third kappa shape index (κ3) is 4.62. The number of ether oxygens (including phenoxy) is 1. The van der Waals surface area contributed by atoms with Crippen molar-refractivity contribution in [1.82, 2.24) is 14.8 Å². The highest BCUT2D eigenvalue weighted by Gasteiger charge is 2.10. The highest BCUT2D eigenvalue weighted by Crippen LogP contribution is 2.02. The van der Waals surface area contributed by atoms with Crippen molar-refractivity contribution in [2.75, 3.05) is 7.11 Å². The molecule has 0 saturated carbocycles. The molecule has 0 atom stereocenters. The van der Waals surface area contributed by atoms with Crippen LogP contribution >= 0.6 is 0 Å². The Hall–Kier alpha value is -1.92. The minimum absolute atomic E-state index is 0.0398. The van der Waals surface area contributed by atoms with Crippen LogP contribution in [-0.2, 0) is 16.1 Å². The van der Waals surface area contributed by atoms with Crippen LogP contribution in [0.5, 0.6) is 0 Å². The number of methoxy groups -OCH3 is 1. The maximum absolute atomic E-state index is 11.1. The molecule has 94 valence electrons. The van der Waals surface area contributed by atoms with E-state index in [0.717, 1.165) is 12.8 Å². The lowest BCUT2D eigenvalue weighted by Gasteiger charge is -1.99. The summed E-state index contributed by atoms with van der Waals surface area (Å²) < 4.78 is 6.03. The highest BCUT2D eigenvalue weighted by atomic mass is 16.5. The molecule has 0 spiro atoms. The fraction of sp³-hybridized carbons (Fsp3) is 0.600. The third-order valence-electron chi connectivity index (χ3n) is 2.18. The van der Waals surface area contributed by atoms with Crippen molar-refractivity contribution in [3.63, 3.8) is 0 Å². The molecule has 0 aliphatic heterocycles. The van der Waals surface area contributed by atoms with Gasteiger partial charge in [-0.25, -0.2) is 9.78 Å². The second kappa shape index (κ2) is 6.62. The molecule has 1 heterocycles. The predicted molar refractivity (Wildman–Crippen MR) is 57.5 cm³/mol. The average molecular weight is 241 g/mol. The molecule has 0 amide bonds. The fourth-order valence-corrected chi connectivity index (χ4v) is 1.31. The fourth-order valence-electron chi connectivity index (χ4n) is 1.31. The van der Waals surface area contributed by atoms with E-state index in [1.54, 1.807) is 4.68 Å². The lowest BCUT2D eigenvalue weighted by atomic mass is 10.2. The number of carbonyl (C=O) groups excluding carboxylic acids is 1. The van der Waals surface area contributed by atoms with Crippen LogP contribution in [0.2, 0.25) is 0 Å². The SMILES string of the molecule is COC(=O)c1ncn(CCCCCC(=O)O)n1. The lowest BCUT2D eigenvalue weighted by Crippen LogP contribution is -2.06. The van der Waals surface area contributed by atoms with Gasteiger partial charge in [0.15, 0.2) is 0 Å². The number of carboxylic acid groups (broad SMARTS) is 1. The molecular weight excluding hydrogens is 226 g/mol. The van der Waals surface area contributed by atoms with Gasteiger partial charge in [0, 0.05) is 13.0 Å². The molecule has 0 fully saturated rings. The Kier molecular flexibility index (Phi) is 5.12. The van der Waals surface area contributed by atoms with Crippen molar-refractivity contribution < 1.29 is 19.4 Å². The molecule has 1 aromatic heterocycles. The maximum Gasteiger partial charge on any atom is 0.377 e. The van der Waals surface area contributed by atoms with Gasteiger partial charge in [0.1, 0.15) is 6.33 Å². The van der Waals surface area contributed by atoms with Crippen LogP contribution in [0.3, 0.4) is 0 Å². The molecule has 0 aromatic carbocycles. The number of hydrogen-bond donors (Lipinski definition) is 1. The molecule has 1 N–H and O–H groups in total. The lowest BCUT2D eigenvalue weighted by molar-refractivity contribution is -0.137. The molecular formula is C10H15N3O4. The summed E-state index contributed by atoms with van der Waals surface area (Å²) in [5.41, 5.74) is 0. The molecule has 0 aliphatic rings. The Labute approximate surface area is 98.4 Å². The summed E-state index contributed by atoms with van der Waals surface area (Å²) in [6, 6.07) is 0. The van der Waals surface area contributed by atoms with E-state index in [1.165, 1.54) is 13.4 Å². The molecule has 0 aliphatic carbocycles. The predicted octanol–water partition coefficient (Wildman–Crippen LogP) is 0.710. The second-order valence-corrected chi connectivity index (χ2v) is 3.53. The first kappa shape index (κ1) is 13.1. The third-order valence-corrected chi connectivity index (χ3v) is 2.18.